The number of fused-ring (bicyclic) bond motifs is 1. The normalized spacial score (nSPS) is 15.8. The maximum Gasteiger partial charge on any atom is 0.260 e. The van der Waals surface area contributed by atoms with Crippen LogP contribution in [0.5, 0.6) is 0 Å². The molecule has 0 aliphatic carbocycles. The number of halogens is 1. The zero-order valence-electron chi connectivity index (χ0n) is 11.5. The second kappa shape index (κ2) is 6.22. The van der Waals surface area contributed by atoms with Gasteiger partial charge in [0.25, 0.3) is 5.91 Å². The number of pyridine rings is 1. The molecule has 3 rings (SSSR count). The first kappa shape index (κ1) is 14.0. The van der Waals surface area contributed by atoms with Gasteiger partial charge in [-0.3, -0.25) is 9.78 Å². The van der Waals surface area contributed by atoms with Crippen LogP contribution in [-0.4, -0.2) is 28.9 Å². The summed E-state index contributed by atoms with van der Waals surface area (Å²) in [7, 11) is 0. The monoisotopic (exact) mass is 342 g/mol. The second-order valence-electron chi connectivity index (χ2n) is 4.95. The maximum atomic E-state index is 11.9. The van der Waals surface area contributed by atoms with Gasteiger partial charge in [-0.05, 0) is 46.1 Å². The van der Waals surface area contributed by atoms with Gasteiger partial charge in [0.15, 0.2) is 0 Å². The van der Waals surface area contributed by atoms with Crippen molar-refractivity contribution in [2.24, 2.45) is 0 Å². The summed E-state index contributed by atoms with van der Waals surface area (Å²) >= 11 is 3.30. The van der Waals surface area contributed by atoms with E-state index in [0.29, 0.717) is 11.0 Å². The number of aromatic nitrogens is 1. The number of amides is 1. The predicted molar refractivity (Wildman–Crippen MR) is 89.0 cm³/mol. The smallest absolute Gasteiger partial charge is 0.260 e. The van der Waals surface area contributed by atoms with Gasteiger partial charge < -0.3 is 4.90 Å². The van der Waals surface area contributed by atoms with E-state index in [2.05, 4.69) is 33.0 Å². The van der Waals surface area contributed by atoms with E-state index in [-0.39, 0.29) is 5.91 Å². The highest BCUT2D eigenvalue weighted by atomic mass is 79.9. The van der Waals surface area contributed by atoms with Crippen LogP contribution in [0.3, 0.4) is 0 Å². The maximum absolute atomic E-state index is 11.9. The van der Waals surface area contributed by atoms with Gasteiger partial charge in [-0.15, -0.1) is 0 Å². The number of carbonyl (C=O) groups excluding carboxylic acids is 1. The number of hydrogen-bond acceptors (Lipinski definition) is 2. The van der Waals surface area contributed by atoms with Crippen LogP contribution in [0, 0.1) is 0 Å². The van der Waals surface area contributed by atoms with Crippen LogP contribution in [0.4, 0.5) is 0 Å². The molecule has 0 N–H and O–H groups in total. The van der Waals surface area contributed by atoms with Crippen LogP contribution in [-0.2, 0) is 4.79 Å². The Balaban J connectivity index is 1.70. The lowest BCUT2D eigenvalue weighted by atomic mass is 10.1. The summed E-state index contributed by atoms with van der Waals surface area (Å²) < 4.78 is 0.666. The van der Waals surface area contributed by atoms with Crippen molar-refractivity contribution in [3.05, 3.63) is 58.7 Å². The van der Waals surface area contributed by atoms with Crippen LogP contribution in [0.2, 0.25) is 0 Å². The summed E-state index contributed by atoms with van der Waals surface area (Å²) in [6.45, 7) is 1.41. The van der Waals surface area contributed by atoms with Gasteiger partial charge >= 0.3 is 0 Å². The predicted octanol–water partition coefficient (Wildman–Crippen LogP) is 3.76. The molecule has 1 aliphatic heterocycles. The first-order chi connectivity index (χ1) is 10.2. The standard InChI is InChI=1S/C17H15BrN2O/c18-15-6-3-11-20(17(15)21)10-2-4-13-7-8-16-14(12-13)5-1-9-19-16/h1-2,4-9,12H,3,10-11H2/b4-2+. The van der Waals surface area contributed by atoms with Gasteiger partial charge in [0.05, 0.1) is 10.00 Å². The van der Waals surface area contributed by atoms with E-state index < -0.39 is 0 Å². The summed E-state index contributed by atoms with van der Waals surface area (Å²) in [5.41, 5.74) is 2.12. The topological polar surface area (TPSA) is 33.2 Å². The number of benzene rings is 1. The molecule has 0 radical (unpaired) electrons. The molecular formula is C17H15BrN2O. The average Bonchev–Trinajstić information content (AvgIpc) is 2.51. The Morgan fingerprint density at radius 3 is 3.14 bits per heavy atom. The molecule has 1 aromatic carbocycles. The minimum atomic E-state index is 0.0635. The fourth-order valence-electron chi connectivity index (χ4n) is 2.38. The van der Waals surface area contributed by atoms with Crippen LogP contribution >= 0.6 is 15.9 Å². The average molecular weight is 343 g/mol. The summed E-state index contributed by atoms with van der Waals surface area (Å²) in [5, 5.41) is 1.12. The Hall–Kier alpha value is -1.94. The van der Waals surface area contributed by atoms with Crippen molar-refractivity contribution in [1.82, 2.24) is 9.88 Å². The zero-order valence-corrected chi connectivity index (χ0v) is 13.1. The van der Waals surface area contributed by atoms with E-state index in [1.54, 1.807) is 6.20 Å². The molecule has 2 aromatic rings. The molecular weight excluding hydrogens is 328 g/mol. The van der Waals surface area contributed by atoms with Crippen molar-refractivity contribution < 1.29 is 4.79 Å². The van der Waals surface area contributed by atoms with Crippen molar-refractivity contribution in [1.29, 1.82) is 0 Å². The third-order valence-corrected chi connectivity index (χ3v) is 4.14. The summed E-state index contributed by atoms with van der Waals surface area (Å²) in [4.78, 5) is 18.1. The van der Waals surface area contributed by atoms with E-state index in [4.69, 9.17) is 0 Å². The Morgan fingerprint density at radius 2 is 2.24 bits per heavy atom. The number of carbonyl (C=O) groups is 1. The van der Waals surface area contributed by atoms with Crippen molar-refractivity contribution >= 4 is 38.8 Å². The minimum absolute atomic E-state index is 0.0635. The molecule has 1 aromatic heterocycles. The fourth-order valence-corrected chi connectivity index (χ4v) is 2.85. The Bertz CT molecular complexity index is 736. The lowest BCUT2D eigenvalue weighted by Gasteiger charge is -2.23. The molecule has 21 heavy (non-hydrogen) atoms. The second-order valence-corrected chi connectivity index (χ2v) is 5.80. The molecule has 0 unspecified atom stereocenters. The number of hydrogen-bond donors (Lipinski definition) is 0. The molecule has 0 atom stereocenters. The molecule has 0 saturated carbocycles. The Kier molecular flexibility index (Phi) is 4.15. The lowest BCUT2D eigenvalue weighted by Crippen LogP contribution is -2.34. The highest BCUT2D eigenvalue weighted by Crippen LogP contribution is 2.17. The molecule has 1 aliphatic rings. The van der Waals surface area contributed by atoms with Gasteiger partial charge in [0, 0.05) is 24.7 Å². The number of rotatable bonds is 3. The van der Waals surface area contributed by atoms with Gasteiger partial charge in [0.2, 0.25) is 0 Å². The van der Waals surface area contributed by atoms with Crippen LogP contribution in [0.25, 0.3) is 17.0 Å². The zero-order chi connectivity index (χ0) is 14.7. The highest BCUT2D eigenvalue weighted by Gasteiger charge is 2.18. The molecule has 0 saturated heterocycles. The molecule has 0 bridgehead atoms. The van der Waals surface area contributed by atoms with Gasteiger partial charge in [-0.1, -0.05) is 30.4 Å². The third-order valence-electron chi connectivity index (χ3n) is 3.48. The Labute approximate surface area is 132 Å². The van der Waals surface area contributed by atoms with Crippen molar-refractivity contribution in [2.45, 2.75) is 6.42 Å². The van der Waals surface area contributed by atoms with Crippen molar-refractivity contribution in [3.8, 4) is 0 Å². The largest absolute Gasteiger partial charge is 0.334 e. The molecule has 2 heterocycles. The van der Waals surface area contributed by atoms with E-state index in [0.717, 1.165) is 29.4 Å². The third kappa shape index (κ3) is 3.22. The van der Waals surface area contributed by atoms with E-state index in [9.17, 15) is 4.79 Å². The number of nitrogens with zero attached hydrogens (tertiary/aromatic N) is 2. The molecule has 0 spiro atoms. The minimum Gasteiger partial charge on any atom is -0.334 e. The van der Waals surface area contributed by atoms with Gasteiger partial charge in [0.1, 0.15) is 0 Å². The molecule has 106 valence electrons. The van der Waals surface area contributed by atoms with Crippen LogP contribution < -0.4 is 0 Å². The lowest BCUT2D eigenvalue weighted by molar-refractivity contribution is -0.126. The molecule has 1 amide bonds. The summed E-state index contributed by atoms with van der Waals surface area (Å²) in [5.74, 6) is 0.0635. The van der Waals surface area contributed by atoms with Crippen molar-refractivity contribution in [3.63, 3.8) is 0 Å². The first-order valence-electron chi connectivity index (χ1n) is 6.90. The van der Waals surface area contributed by atoms with Gasteiger partial charge in [-0.2, -0.15) is 0 Å². The van der Waals surface area contributed by atoms with Crippen molar-refractivity contribution in [2.75, 3.05) is 13.1 Å². The molecule has 0 fully saturated rings. The van der Waals surface area contributed by atoms with E-state index in [1.807, 2.05) is 41.3 Å². The van der Waals surface area contributed by atoms with E-state index >= 15 is 0 Å². The summed E-state index contributed by atoms with van der Waals surface area (Å²) in [6.07, 6.45) is 8.71. The van der Waals surface area contributed by atoms with Gasteiger partial charge in [-0.25, -0.2) is 0 Å². The molecule has 4 heteroatoms. The summed E-state index contributed by atoms with van der Waals surface area (Å²) in [6, 6.07) is 10.1. The Morgan fingerprint density at radius 1 is 1.33 bits per heavy atom. The van der Waals surface area contributed by atoms with Crippen LogP contribution in [0.1, 0.15) is 12.0 Å². The fraction of sp³-hybridized carbons (Fsp3) is 0.176. The van der Waals surface area contributed by atoms with E-state index in [1.165, 1.54) is 0 Å². The SMILES string of the molecule is O=C1C(Br)=CCCN1C/C=C/c1ccc2ncccc2c1. The highest BCUT2D eigenvalue weighted by molar-refractivity contribution is 9.12. The quantitative estimate of drug-likeness (QED) is 0.850. The van der Waals surface area contributed by atoms with Crippen LogP contribution in [0.15, 0.2) is 53.2 Å². The molecule has 3 nitrogen and oxygen atoms in total. The first-order valence-corrected chi connectivity index (χ1v) is 7.69.